The summed E-state index contributed by atoms with van der Waals surface area (Å²) in [6.45, 7) is 4.18. The van der Waals surface area contributed by atoms with E-state index in [1.165, 1.54) is 17.0 Å². The number of carbonyl (C=O) groups is 2. The molecule has 1 amide bonds. The fraction of sp³-hybridized carbons (Fsp3) is 0.148. The van der Waals surface area contributed by atoms with Gasteiger partial charge in [0.25, 0.3) is 11.7 Å². The first-order valence-electron chi connectivity index (χ1n) is 10.7. The number of benzene rings is 3. The number of nitriles is 1. The number of aliphatic hydroxyl groups is 1. The molecule has 3 aromatic rings. The predicted octanol–water partition coefficient (Wildman–Crippen LogP) is 4.60. The summed E-state index contributed by atoms with van der Waals surface area (Å²) in [5.74, 6) is -1.38. The van der Waals surface area contributed by atoms with Gasteiger partial charge in [0.1, 0.15) is 17.3 Å². The number of ether oxygens (including phenoxy) is 1. The van der Waals surface area contributed by atoms with Crippen molar-refractivity contribution >= 4 is 23.1 Å². The van der Waals surface area contributed by atoms with Gasteiger partial charge in [-0.3, -0.25) is 14.5 Å². The number of aryl methyl sites for hydroxylation is 1. The molecule has 7 heteroatoms. The maximum atomic E-state index is 13.2. The molecule has 1 aliphatic heterocycles. The van der Waals surface area contributed by atoms with Crippen molar-refractivity contribution in [3.8, 4) is 17.6 Å². The second kappa shape index (κ2) is 9.12. The van der Waals surface area contributed by atoms with Gasteiger partial charge < -0.3 is 14.9 Å². The fourth-order valence-electron chi connectivity index (χ4n) is 4.08. The molecule has 4 rings (SSSR count). The zero-order chi connectivity index (χ0) is 24.4. The molecule has 0 aliphatic carbocycles. The number of aromatic hydroxyl groups is 1. The van der Waals surface area contributed by atoms with E-state index in [9.17, 15) is 19.8 Å². The van der Waals surface area contributed by atoms with E-state index in [1.807, 2.05) is 19.9 Å². The molecule has 1 saturated heterocycles. The summed E-state index contributed by atoms with van der Waals surface area (Å²) in [7, 11) is 0. The molecular weight excluding hydrogens is 432 g/mol. The number of phenolic OH excluding ortho intramolecular Hbond substituents is 1. The van der Waals surface area contributed by atoms with Crippen molar-refractivity contribution in [2.45, 2.75) is 19.9 Å². The summed E-state index contributed by atoms with van der Waals surface area (Å²) in [6, 6.07) is 18.5. The molecule has 34 heavy (non-hydrogen) atoms. The van der Waals surface area contributed by atoms with E-state index in [2.05, 4.69) is 0 Å². The molecule has 0 saturated carbocycles. The van der Waals surface area contributed by atoms with E-state index in [-0.39, 0.29) is 17.1 Å². The molecule has 1 heterocycles. The van der Waals surface area contributed by atoms with Gasteiger partial charge in [0.05, 0.1) is 29.9 Å². The third-order valence-corrected chi connectivity index (χ3v) is 5.65. The number of Topliss-reactive ketones (excluding diaryl/α,β-unsaturated/α-hetero) is 1. The quantitative estimate of drug-likeness (QED) is 0.331. The average Bonchev–Trinajstić information content (AvgIpc) is 3.10. The minimum Gasteiger partial charge on any atom is -0.508 e. The summed E-state index contributed by atoms with van der Waals surface area (Å²) >= 11 is 0. The maximum absolute atomic E-state index is 13.2. The summed E-state index contributed by atoms with van der Waals surface area (Å²) in [4.78, 5) is 27.6. The molecule has 3 aromatic carbocycles. The third kappa shape index (κ3) is 3.97. The van der Waals surface area contributed by atoms with E-state index in [0.29, 0.717) is 34.7 Å². The number of phenols is 1. The summed E-state index contributed by atoms with van der Waals surface area (Å²) in [5, 5.41) is 30.4. The Hall–Kier alpha value is -4.57. The number of ketones is 1. The van der Waals surface area contributed by atoms with Crippen molar-refractivity contribution in [3.05, 3.63) is 94.6 Å². The highest BCUT2D eigenvalue weighted by atomic mass is 16.5. The van der Waals surface area contributed by atoms with Crippen LogP contribution < -0.4 is 9.64 Å². The van der Waals surface area contributed by atoms with Crippen LogP contribution in [0.25, 0.3) is 5.76 Å². The van der Waals surface area contributed by atoms with Crippen LogP contribution >= 0.6 is 0 Å². The van der Waals surface area contributed by atoms with Crippen LogP contribution in [0.2, 0.25) is 0 Å². The lowest BCUT2D eigenvalue weighted by Crippen LogP contribution is -2.29. The van der Waals surface area contributed by atoms with Crippen molar-refractivity contribution in [2.24, 2.45) is 0 Å². The van der Waals surface area contributed by atoms with Crippen molar-refractivity contribution < 1.29 is 24.5 Å². The van der Waals surface area contributed by atoms with Gasteiger partial charge in [0.15, 0.2) is 0 Å². The van der Waals surface area contributed by atoms with Crippen molar-refractivity contribution in [1.29, 1.82) is 5.26 Å². The molecule has 1 atom stereocenters. The maximum Gasteiger partial charge on any atom is 0.300 e. The molecule has 7 nitrogen and oxygen atoms in total. The number of rotatable bonds is 5. The normalized spacial score (nSPS) is 17.0. The number of nitrogens with zero attached hydrogens (tertiary/aromatic N) is 2. The second-order valence-electron chi connectivity index (χ2n) is 7.84. The highest BCUT2D eigenvalue weighted by Gasteiger charge is 2.47. The van der Waals surface area contributed by atoms with E-state index in [0.717, 1.165) is 5.56 Å². The van der Waals surface area contributed by atoms with E-state index in [1.54, 1.807) is 54.6 Å². The largest absolute Gasteiger partial charge is 0.508 e. The standard InChI is InChI=1S/C27H22N2O5/c1-3-34-22-12-9-19(13-16(22)2)25(31)23-24(18-5-4-6-21(30)14-18)29(27(33)26(23)32)20-10-7-17(15-28)8-11-20/h4-14,24,30-31H,3H2,1-2H3/b25-23-. The molecule has 1 aliphatic rings. The molecule has 170 valence electrons. The van der Waals surface area contributed by atoms with E-state index < -0.39 is 17.7 Å². The zero-order valence-corrected chi connectivity index (χ0v) is 18.6. The highest BCUT2D eigenvalue weighted by Crippen LogP contribution is 2.43. The van der Waals surface area contributed by atoms with Gasteiger partial charge in [-0.25, -0.2) is 0 Å². The van der Waals surface area contributed by atoms with Crippen LogP contribution in [-0.2, 0) is 9.59 Å². The number of hydrogen-bond donors (Lipinski definition) is 2. The van der Waals surface area contributed by atoms with Gasteiger partial charge in [-0.15, -0.1) is 0 Å². The van der Waals surface area contributed by atoms with E-state index >= 15 is 0 Å². The van der Waals surface area contributed by atoms with Crippen LogP contribution in [0, 0.1) is 18.3 Å². The first kappa shape index (κ1) is 22.6. The fourth-order valence-corrected chi connectivity index (χ4v) is 4.08. The molecule has 0 bridgehead atoms. The monoisotopic (exact) mass is 454 g/mol. The van der Waals surface area contributed by atoms with Crippen LogP contribution in [-0.4, -0.2) is 28.5 Å². The SMILES string of the molecule is CCOc1ccc(/C(O)=C2/C(=O)C(=O)N(c3ccc(C#N)cc3)C2c2cccc(O)c2)cc1C. The molecule has 1 fully saturated rings. The third-order valence-electron chi connectivity index (χ3n) is 5.65. The zero-order valence-electron chi connectivity index (χ0n) is 18.6. The highest BCUT2D eigenvalue weighted by molar-refractivity contribution is 6.51. The lowest BCUT2D eigenvalue weighted by molar-refractivity contribution is -0.132. The number of anilines is 1. The molecule has 1 unspecified atom stereocenters. The van der Waals surface area contributed by atoms with Gasteiger partial charge in [0.2, 0.25) is 0 Å². The lowest BCUT2D eigenvalue weighted by Gasteiger charge is -2.25. The van der Waals surface area contributed by atoms with Crippen molar-refractivity contribution in [2.75, 3.05) is 11.5 Å². The summed E-state index contributed by atoms with van der Waals surface area (Å²) < 4.78 is 5.55. The summed E-state index contributed by atoms with van der Waals surface area (Å²) in [5.41, 5.74) is 2.27. The Balaban J connectivity index is 1.91. The Morgan fingerprint density at radius 3 is 2.44 bits per heavy atom. The number of amides is 1. The molecule has 2 N–H and O–H groups in total. The molecule has 0 aromatic heterocycles. The Morgan fingerprint density at radius 2 is 1.82 bits per heavy atom. The molecular formula is C27H22N2O5. The van der Waals surface area contributed by atoms with Gasteiger partial charge in [-0.05, 0) is 79.6 Å². The van der Waals surface area contributed by atoms with Gasteiger partial charge >= 0.3 is 0 Å². The minimum atomic E-state index is -0.980. The van der Waals surface area contributed by atoms with Crippen LogP contribution in [0.4, 0.5) is 5.69 Å². The number of carbonyl (C=O) groups excluding carboxylic acids is 2. The van der Waals surface area contributed by atoms with Crippen molar-refractivity contribution in [1.82, 2.24) is 0 Å². The predicted molar refractivity (Wildman–Crippen MR) is 126 cm³/mol. The van der Waals surface area contributed by atoms with Crippen LogP contribution in [0.15, 0.2) is 72.3 Å². The summed E-state index contributed by atoms with van der Waals surface area (Å²) in [6.07, 6.45) is 0. The van der Waals surface area contributed by atoms with Gasteiger partial charge in [-0.1, -0.05) is 12.1 Å². The Labute approximate surface area is 196 Å². The van der Waals surface area contributed by atoms with Gasteiger partial charge in [-0.2, -0.15) is 5.26 Å². The molecule has 0 radical (unpaired) electrons. The second-order valence-corrected chi connectivity index (χ2v) is 7.84. The smallest absolute Gasteiger partial charge is 0.300 e. The number of aliphatic hydroxyl groups excluding tert-OH is 1. The van der Waals surface area contributed by atoms with Gasteiger partial charge in [0, 0.05) is 11.3 Å². The average molecular weight is 454 g/mol. The van der Waals surface area contributed by atoms with Crippen LogP contribution in [0.3, 0.4) is 0 Å². The lowest BCUT2D eigenvalue weighted by atomic mass is 9.94. The first-order valence-corrected chi connectivity index (χ1v) is 10.7. The van der Waals surface area contributed by atoms with Crippen molar-refractivity contribution in [3.63, 3.8) is 0 Å². The topological polar surface area (TPSA) is 111 Å². The minimum absolute atomic E-state index is 0.0418. The number of hydrogen-bond acceptors (Lipinski definition) is 6. The molecule has 0 spiro atoms. The Bertz CT molecular complexity index is 1350. The Kier molecular flexibility index (Phi) is 6.07. The van der Waals surface area contributed by atoms with E-state index in [4.69, 9.17) is 10.00 Å². The van der Waals surface area contributed by atoms with Crippen LogP contribution in [0.1, 0.15) is 35.2 Å². The van der Waals surface area contributed by atoms with Crippen LogP contribution in [0.5, 0.6) is 11.5 Å². The Morgan fingerprint density at radius 1 is 1.09 bits per heavy atom. The first-order chi connectivity index (χ1) is 16.3.